The minimum Gasteiger partial charge on any atom is -0.352 e. The fraction of sp³-hybridized carbons (Fsp3) is 0.375. The summed E-state index contributed by atoms with van der Waals surface area (Å²) in [6, 6.07) is 25.3. The second-order valence-corrected chi connectivity index (χ2v) is 12.4. The van der Waals surface area contributed by atoms with Gasteiger partial charge in [0.1, 0.15) is 12.6 Å². The highest BCUT2D eigenvalue weighted by molar-refractivity contribution is 7.92. The van der Waals surface area contributed by atoms with E-state index in [0.29, 0.717) is 12.1 Å². The maximum atomic E-state index is 14.2. The number of amides is 2. The summed E-state index contributed by atoms with van der Waals surface area (Å²) in [5.74, 6) is -0.674. The van der Waals surface area contributed by atoms with Crippen molar-refractivity contribution >= 4 is 27.5 Å². The van der Waals surface area contributed by atoms with Gasteiger partial charge in [0.2, 0.25) is 21.8 Å². The summed E-state index contributed by atoms with van der Waals surface area (Å²) in [5, 5.41) is 3.05. The van der Waals surface area contributed by atoms with E-state index < -0.39 is 28.5 Å². The third-order valence-corrected chi connectivity index (χ3v) is 8.10. The van der Waals surface area contributed by atoms with E-state index in [0.717, 1.165) is 33.7 Å². The summed E-state index contributed by atoms with van der Waals surface area (Å²) in [6.07, 6.45) is 2.14. The lowest BCUT2D eigenvalue weighted by atomic mass is 10.0. The highest BCUT2D eigenvalue weighted by Gasteiger charge is 2.34. The predicted octanol–water partition coefficient (Wildman–Crippen LogP) is 5.13. The molecule has 7 nitrogen and oxygen atoms in total. The minimum absolute atomic E-state index is 0.0445. The third-order valence-electron chi connectivity index (χ3n) is 6.97. The molecule has 0 saturated carbocycles. The molecule has 8 heteroatoms. The molecule has 1 N–H and O–H groups in total. The third kappa shape index (κ3) is 8.42. The molecule has 0 saturated heterocycles. The molecule has 0 spiro atoms. The molecule has 3 rings (SSSR count). The minimum atomic E-state index is -3.82. The van der Waals surface area contributed by atoms with Crippen molar-refractivity contribution in [3.05, 3.63) is 102 Å². The summed E-state index contributed by atoms with van der Waals surface area (Å²) in [7, 11) is -3.82. The number of rotatable bonds is 13. The standard InChI is InChI=1S/C32H41N3O4S/c1-6-25(4)33-32(37)30(21-26-15-9-7-10-16-26)34(22-27-17-11-8-12-18-27)31(36)23-35(40(5,38)39)29-20-14-13-19-28(29)24(2)3/h7-20,24-25,30H,6,21-23H2,1-5H3,(H,33,37). The van der Waals surface area contributed by atoms with Crippen LogP contribution < -0.4 is 9.62 Å². The lowest BCUT2D eigenvalue weighted by molar-refractivity contribution is -0.140. The van der Waals surface area contributed by atoms with Crippen LogP contribution in [0.2, 0.25) is 0 Å². The van der Waals surface area contributed by atoms with Gasteiger partial charge in [0.25, 0.3) is 0 Å². The Morgan fingerprint density at radius 1 is 0.825 bits per heavy atom. The second-order valence-electron chi connectivity index (χ2n) is 10.5. The maximum absolute atomic E-state index is 14.2. The van der Waals surface area contributed by atoms with Gasteiger partial charge in [-0.25, -0.2) is 8.42 Å². The molecule has 0 bridgehead atoms. The number of carbonyl (C=O) groups is 2. The van der Waals surface area contributed by atoms with Crippen LogP contribution in [0.5, 0.6) is 0 Å². The highest BCUT2D eigenvalue weighted by atomic mass is 32.2. The molecule has 0 aliphatic heterocycles. The van der Waals surface area contributed by atoms with Gasteiger partial charge < -0.3 is 10.2 Å². The molecule has 0 aromatic heterocycles. The van der Waals surface area contributed by atoms with Gasteiger partial charge in [-0.15, -0.1) is 0 Å². The molecule has 0 aliphatic carbocycles. The van der Waals surface area contributed by atoms with Crippen LogP contribution in [-0.2, 0) is 32.6 Å². The van der Waals surface area contributed by atoms with Gasteiger partial charge >= 0.3 is 0 Å². The largest absolute Gasteiger partial charge is 0.352 e. The number of sulfonamides is 1. The first-order chi connectivity index (χ1) is 19.0. The van der Waals surface area contributed by atoms with E-state index in [9.17, 15) is 18.0 Å². The van der Waals surface area contributed by atoms with Crippen LogP contribution in [0.25, 0.3) is 0 Å². The van der Waals surface area contributed by atoms with Gasteiger partial charge in [-0.1, -0.05) is 99.6 Å². The smallest absolute Gasteiger partial charge is 0.244 e. The number of hydrogen-bond donors (Lipinski definition) is 1. The molecule has 0 heterocycles. The molecule has 0 fully saturated rings. The van der Waals surface area contributed by atoms with E-state index in [1.54, 1.807) is 12.1 Å². The fourth-order valence-electron chi connectivity index (χ4n) is 4.57. The number of nitrogens with one attached hydrogen (secondary N) is 1. The van der Waals surface area contributed by atoms with Crippen LogP contribution in [0.1, 0.15) is 56.7 Å². The summed E-state index contributed by atoms with van der Waals surface area (Å²) < 4.78 is 27.3. The Bertz CT molecular complexity index is 1360. The summed E-state index contributed by atoms with van der Waals surface area (Å²) in [6.45, 7) is 7.62. The number of hydrogen-bond acceptors (Lipinski definition) is 4. The molecule has 3 aromatic carbocycles. The Morgan fingerprint density at radius 3 is 1.93 bits per heavy atom. The van der Waals surface area contributed by atoms with Crippen molar-refractivity contribution in [1.82, 2.24) is 10.2 Å². The van der Waals surface area contributed by atoms with Crippen LogP contribution in [0, 0.1) is 0 Å². The number of benzene rings is 3. The molecular formula is C32H41N3O4S. The van der Waals surface area contributed by atoms with Gasteiger partial charge in [0.15, 0.2) is 0 Å². The van der Waals surface area contributed by atoms with E-state index in [1.807, 2.05) is 100 Å². The first kappa shape index (κ1) is 30.9. The van der Waals surface area contributed by atoms with Gasteiger partial charge in [0.05, 0.1) is 11.9 Å². The Kier molecular flexibility index (Phi) is 10.9. The van der Waals surface area contributed by atoms with Crippen LogP contribution in [0.15, 0.2) is 84.9 Å². The average molecular weight is 564 g/mol. The lowest BCUT2D eigenvalue weighted by Crippen LogP contribution is -2.54. The average Bonchev–Trinajstić information content (AvgIpc) is 2.93. The van der Waals surface area contributed by atoms with Gasteiger partial charge in [-0.3, -0.25) is 13.9 Å². The normalized spacial score (nSPS) is 12.9. The molecule has 2 unspecified atom stereocenters. The molecule has 3 aromatic rings. The number of anilines is 1. The van der Waals surface area contributed by atoms with Crippen molar-refractivity contribution < 1.29 is 18.0 Å². The Labute approximate surface area is 239 Å². The predicted molar refractivity (Wildman–Crippen MR) is 162 cm³/mol. The van der Waals surface area contributed by atoms with E-state index >= 15 is 0 Å². The van der Waals surface area contributed by atoms with Crippen molar-refractivity contribution in [1.29, 1.82) is 0 Å². The number of para-hydroxylation sites is 1. The molecule has 0 aliphatic rings. The molecule has 40 heavy (non-hydrogen) atoms. The van der Waals surface area contributed by atoms with Crippen LogP contribution in [0.4, 0.5) is 5.69 Å². The summed E-state index contributed by atoms with van der Waals surface area (Å²) in [4.78, 5) is 29.4. The lowest BCUT2D eigenvalue weighted by Gasteiger charge is -2.34. The van der Waals surface area contributed by atoms with Crippen molar-refractivity contribution in [2.24, 2.45) is 0 Å². The van der Waals surface area contributed by atoms with Crippen LogP contribution in [-0.4, -0.2) is 50.0 Å². The van der Waals surface area contributed by atoms with Crippen LogP contribution in [0.3, 0.4) is 0 Å². The quantitative estimate of drug-likeness (QED) is 0.312. The zero-order chi connectivity index (χ0) is 29.3. The van der Waals surface area contributed by atoms with Crippen molar-refractivity contribution in [3.8, 4) is 0 Å². The SMILES string of the molecule is CCC(C)NC(=O)C(Cc1ccccc1)N(Cc1ccccc1)C(=O)CN(c1ccccc1C(C)C)S(C)(=O)=O. The van der Waals surface area contributed by atoms with E-state index in [4.69, 9.17) is 0 Å². The van der Waals surface area contributed by atoms with Crippen molar-refractivity contribution in [2.75, 3.05) is 17.1 Å². The number of nitrogens with zero attached hydrogens (tertiary/aromatic N) is 2. The molecular weight excluding hydrogens is 522 g/mol. The number of carbonyl (C=O) groups excluding carboxylic acids is 2. The zero-order valence-corrected chi connectivity index (χ0v) is 24.9. The maximum Gasteiger partial charge on any atom is 0.244 e. The molecule has 2 amide bonds. The summed E-state index contributed by atoms with van der Waals surface area (Å²) in [5.41, 5.74) is 3.05. The Morgan fingerprint density at radius 2 is 1.38 bits per heavy atom. The van der Waals surface area contributed by atoms with E-state index in [-0.39, 0.29) is 24.4 Å². The van der Waals surface area contributed by atoms with Crippen molar-refractivity contribution in [2.45, 2.75) is 65.1 Å². The molecule has 2 atom stereocenters. The van der Waals surface area contributed by atoms with E-state index in [2.05, 4.69) is 5.32 Å². The Hall–Kier alpha value is -3.65. The molecule has 0 radical (unpaired) electrons. The van der Waals surface area contributed by atoms with Crippen LogP contribution >= 0.6 is 0 Å². The fourth-order valence-corrected chi connectivity index (χ4v) is 5.44. The molecule has 214 valence electrons. The highest BCUT2D eigenvalue weighted by Crippen LogP contribution is 2.29. The van der Waals surface area contributed by atoms with E-state index in [1.165, 1.54) is 4.90 Å². The monoisotopic (exact) mass is 563 g/mol. The first-order valence-electron chi connectivity index (χ1n) is 13.8. The van der Waals surface area contributed by atoms with Gasteiger partial charge in [-0.05, 0) is 42.0 Å². The van der Waals surface area contributed by atoms with Gasteiger partial charge in [-0.2, -0.15) is 0 Å². The zero-order valence-electron chi connectivity index (χ0n) is 24.1. The van der Waals surface area contributed by atoms with Gasteiger partial charge in [0, 0.05) is 19.0 Å². The topological polar surface area (TPSA) is 86.8 Å². The second kappa shape index (κ2) is 14.1. The first-order valence-corrected chi connectivity index (χ1v) is 15.6. The Balaban J connectivity index is 2.08. The summed E-state index contributed by atoms with van der Waals surface area (Å²) >= 11 is 0. The van der Waals surface area contributed by atoms with Crippen molar-refractivity contribution in [3.63, 3.8) is 0 Å².